The van der Waals surface area contributed by atoms with E-state index in [-0.39, 0.29) is 18.4 Å². The van der Waals surface area contributed by atoms with Gasteiger partial charge in [0.2, 0.25) is 0 Å². The summed E-state index contributed by atoms with van der Waals surface area (Å²) in [5, 5.41) is 17.6. The lowest BCUT2D eigenvalue weighted by Crippen LogP contribution is -2.28. The van der Waals surface area contributed by atoms with Crippen LogP contribution in [0, 0.1) is 0 Å². The van der Waals surface area contributed by atoms with Crippen molar-refractivity contribution in [3.63, 3.8) is 0 Å². The van der Waals surface area contributed by atoms with Gasteiger partial charge in [-0.05, 0) is 30.7 Å². The molecule has 1 unspecified atom stereocenters. The van der Waals surface area contributed by atoms with E-state index in [1.165, 1.54) is 0 Å². The van der Waals surface area contributed by atoms with Crippen molar-refractivity contribution in [2.75, 3.05) is 13.2 Å². The molecule has 4 heteroatoms. The summed E-state index contributed by atoms with van der Waals surface area (Å²) in [4.78, 5) is 0. The van der Waals surface area contributed by atoms with Gasteiger partial charge in [-0.3, -0.25) is 0 Å². The molecule has 78 valence electrons. The van der Waals surface area contributed by atoms with Crippen LogP contribution in [-0.2, 0) is 0 Å². The van der Waals surface area contributed by atoms with E-state index in [1.54, 1.807) is 24.3 Å². The Bertz CT molecular complexity index is 261. The number of benzene rings is 1. The second-order valence-corrected chi connectivity index (χ2v) is 3.08. The molecular formula is C10H15NO3. The van der Waals surface area contributed by atoms with Gasteiger partial charge in [-0.1, -0.05) is 0 Å². The lowest BCUT2D eigenvalue weighted by atomic mass is 10.2. The summed E-state index contributed by atoms with van der Waals surface area (Å²) >= 11 is 0. The van der Waals surface area contributed by atoms with Crippen LogP contribution >= 0.6 is 0 Å². The van der Waals surface area contributed by atoms with Crippen molar-refractivity contribution < 1.29 is 14.9 Å². The maximum atomic E-state index is 9.01. The van der Waals surface area contributed by atoms with E-state index < -0.39 is 0 Å². The topological polar surface area (TPSA) is 75.7 Å². The van der Waals surface area contributed by atoms with Gasteiger partial charge in [-0.2, -0.15) is 0 Å². The zero-order valence-electron chi connectivity index (χ0n) is 7.89. The highest BCUT2D eigenvalue weighted by atomic mass is 16.5. The van der Waals surface area contributed by atoms with Crippen molar-refractivity contribution >= 4 is 0 Å². The lowest BCUT2D eigenvalue weighted by Gasteiger charge is -2.11. The first kappa shape index (κ1) is 10.8. The highest BCUT2D eigenvalue weighted by molar-refractivity contribution is 5.30. The van der Waals surface area contributed by atoms with E-state index in [9.17, 15) is 0 Å². The minimum atomic E-state index is -0.159. The van der Waals surface area contributed by atoms with Crippen LogP contribution in [0.4, 0.5) is 0 Å². The molecule has 0 aliphatic rings. The van der Waals surface area contributed by atoms with Crippen molar-refractivity contribution in [2.45, 2.75) is 12.5 Å². The number of rotatable bonds is 5. The predicted octanol–water partition coefficient (Wildman–Crippen LogP) is 0.481. The van der Waals surface area contributed by atoms with Gasteiger partial charge in [-0.25, -0.2) is 0 Å². The second kappa shape index (κ2) is 5.47. The number of phenolic OH excluding ortho intramolecular Hbond substituents is 1. The number of aliphatic hydroxyl groups is 1. The third-order valence-electron chi connectivity index (χ3n) is 1.80. The maximum absolute atomic E-state index is 9.01. The number of aliphatic hydroxyl groups excluding tert-OH is 1. The first-order valence-corrected chi connectivity index (χ1v) is 4.50. The van der Waals surface area contributed by atoms with E-state index in [0.29, 0.717) is 18.8 Å². The smallest absolute Gasteiger partial charge is 0.119 e. The molecule has 0 amide bonds. The molecule has 0 fully saturated rings. The Morgan fingerprint density at radius 1 is 1.29 bits per heavy atom. The SMILES string of the molecule is NC(CCO)COc1ccc(O)cc1. The van der Waals surface area contributed by atoms with Crippen molar-refractivity contribution in [3.05, 3.63) is 24.3 Å². The van der Waals surface area contributed by atoms with Gasteiger partial charge in [0.25, 0.3) is 0 Å². The van der Waals surface area contributed by atoms with Crippen molar-refractivity contribution in [2.24, 2.45) is 5.73 Å². The summed E-state index contributed by atoms with van der Waals surface area (Å²) in [5.74, 6) is 0.869. The molecule has 0 spiro atoms. The van der Waals surface area contributed by atoms with Gasteiger partial charge in [0, 0.05) is 12.6 Å². The van der Waals surface area contributed by atoms with Crippen LogP contribution in [-0.4, -0.2) is 29.5 Å². The average molecular weight is 197 g/mol. The van der Waals surface area contributed by atoms with Crippen LogP contribution in [0.5, 0.6) is 11.5 Å². The fourth-order valence-electron chi connectivity index (χ4n) is 0.995. The van der Waals surface area contributed by atoms with Gasteiger partial charge < -0.3 is 20.7 Å². The van der Waals surface area contributed by atoms with Crippen molar-refractivity contribution in [3.8, 4) is 11.5 Å². The van der Waals surface area contributed by atoms with Gasteiger partial charge in [0.15, 0.2) is 0 Å². The van der Waals surface area contributed by atoms with Gasteiger partial charge in [-0.15, -0.1) is 0 Å². The van der Waals surface area contributed by atoms with Crippen LogP contribution in [0.25, 0.3) is 0 Å². The number of nitrogens with two attached hydrogens (primary N) is 1. The molecule has 0 aromatic heterocycles. The zero-order valence-corrected chi connectivity index (χ0v) is 7.89. The van der Waals surface area contributed by atoms with Gasteiger partial charge in [0.05, 0.1) is 0 Å². The monoisotopic (exact) mass is 197 g/mol. The normalized spacial score (nSPS) is 12.4. The molecule has 1 rings (SSSR count). The first-order valence-electron chi connectivity index (χ1n) is 4.50. The highest BCUT2D eigenvalue weighted by Gasteiger charge is 2.02. The number of aromatic hydroxyl groups is 1. The Morgan fingerprint density at radius 3 is 2.50 bits per heavy atom. The lowest BCUT2D eigenvalue weighted by molar-refractivity contribution is 0.233. The fraction of sp³-hybridized carbons (Fsp3) is 0.400. The highest BCUT2D eigenvalue weighted by Crippen LogP contribution is 2.15. The Labute approximate surface area is 82.9 Å². The molecule has 0 heterocycles. The van der Waals surface area contributed by atoms with Crippen LogP contribution < -0.4 is 10.5 Å². The van der Waals surface area contributed by atoms with Crippen LogP contribution in [0.3, 0.4) is 0 Å². The molecule has 0 aliphatic carbocycles. The molecule has 1 atom stereocenters. The molecular weight excluding hydrogens is 182 g/mol. The summed E-state index contributed by atoms with van der Waals surface area (Å²) < 4.78 is 5.33. The van der Waals surface area contributed by atoms with E-state index in [4.69, 9.17) is 20.7 Å². The minimum Gasteiger partial charge on any atom is -0.508 e. The largest absolute Gasteiger partial charge is 0.508 e. The number of phenols is 1. The van der Waals surface area contributed by atoms with E-state index in [1.807, 2.05) is 0 Å². The minimum absolute atomic E-state index is 0.0695. The van der Waals surface area contributed by atoms with Crippen molar-refractivity contribution in [1.29, 1.82) is 0 Å². The zero-order chi connectivity index (χ0) is 10.4. The Balaban J connectivity index is 2.34. The number of ether oxygens (including phenoxy) is 1. The van der Waals surface area contributed by atoms with E-state index in [0.717, 1.165) is 0 Å². The molecule has 0 saturated carbocycles. The van der Waals surface area contributed by atoms with E-state index >= 15 is 0 Å². The molecule has 1 aromatic rings. The summed E-state index contributed by atoms with van der Waals surface area (Å²) in [6, 6.07) is 6.27. The molecule has 0 saturated heterocycles. The Morgan fingerprint density at radius 2 is 1.93 bits per heavy atom. The summed E-state index contributed by atoms with van der Waals surface area (Å²) in [7, 11) is 0. The average Bonchev–Trinajstić information content (AvgIpc) is 2.17. The number of hydrogen-bond acceptors (Lipinski definition) is 4. The van der Waals surface area contributed by atoms with Gasteiger partial charge >= 0.3 is 0 Å². The quantitative estimate of drug-likeness (QED) is 0.641. The summed E-state index contributed by atoms with van der Waals surface area (Å²) in [6.07, 6.45) is 0.526. The molecule has 0 aliphatic heterocycles. The third kappa shape index (κ3) is 3.64. The maximum Gasteiger partial charge on any atom is 0.119 e. The van der Waals surface area contributed by atoms with Crippen LogP contribution in [0.2, 0.25) is 0 Å². The van der Waals surface area contributed by atoms with Crippen LogP contribution in [0.1, 0.15) is 6.42 Å². The molecule has 1 aromatic carbocycles. The van der Waals surface area contributed by atoms with Crippen molar-refractivity contribution in [1.82, 2.24) is 0 Å². The molecule has 14 heavy (non-hydrogen) atoms. The van der Waals surface area contributed by atoms with Gasteiger partial charge in [0.1, 0.15) is 18.1 Å². The second-order valence-electron chi connectivity index (χ2n) is 3.08. The summed E-state index contributed by atoms with van der Waals surface area (Å²) in [6.45, 7) is 0.436. The third-order valence-corrected chi connectivity index (χ3v) is 1.80. The Kier molecular flexibility index (Phi) is 4.22. The summed E-state index contributed by atoms with van der Waals surface area (Å²) in [5.41, 5.74) is 5.63. The molecule has 4 N–H and O–H groups in total. The van der Waals surface area contributed by atoms with E-state index in [2.05, 4.69) is 0 Å². The number of hydrogen-bond donors (Lipinski definition) is 3. The predicted molar refractivity (Wildman–Crippen MR) is 53.3 cm³/mol. The first-order chi connectivity index (χ1) is 6.72. The molecule has 0 bridgehead atoms. The molecule has 4 nitrogen and oxygen atoms in total. The molecule has 0 radical (unpaired) electrons. The fourth-order valence-corrected chi connectivity index (χ4v) is 0.995. The standard InChI is InChI=1S/C10H15NO3/c11-8(5-6-12)7-14-10-3-1-9(13)2-4-10/h1-4,8,12-13H,5-7,11H2. The Hall–Kier alpha value is -1.26. The van der Waals surface area contributed by atoms with Crippen LogP contribution in [0.15, 0.2) is 24.3 Å².